The molecule has 0 radical (unpaired) electrons. The van der Waals surface area contributed by atoms with Crippen molar-refractivity contribution >= 4 is 44.6 Å². The average Bonchev–Trinajstić information content (AvgIpc) is 2.88. The summed E-state index contributed by atoms with van der Waals surface area (Å²) < 4.78 is 2.29. The molecule has 0 spiro atoms. The zero-order valence-electron chi connectivity index (χ0n) is 13.5. The van der Waals surface area contributed by atoms with E-state index in [9.17, 15) is 0 Å². The predicted molar refractivity (Wildman–Crippen MR) is 103 cm³/mol. The predicted octanol–water partition coefficient (Wildman–Crippen LogP) is 6.16. The van der Waals surface area contributed by atoms with Crippen molar-refractivity contribution in [2.45, 2.75) is 6.92 Å². The Hall–Kier alpha value is -2.80. The first-order valence-electron chi connectivity index (χ1n) is 7.95. The van der Waals surface area contributed by atoms with Crippen LogP contribution in [0.2, 0.25) is 0 Å². The van der Waals surface area contributed by atoms with E-state index in [0.717, 1.165) is 0 Å². The molecule has 0 atom stereocenters. The first-order chi connectivity index (χ1) is 11.3. The Labute approximate surface area is 136 Å². The second kappa shape index (κ2) is 5.13. The third kappa shape index (κ3) is 1.80. The number of aromatic nitrogens is 1. The number of aryl methyl sites for hydroxylation is 1. The molecule has 4 aromatic rings. The van der Waals surface area contributed by atoms with E-state index < -0.39 is 0 Å². The molecule has 0 N–H and O–H groups in total. The average molecular weight is 297 g/mol. The Morgan fingerprint density at radius 3 is 2.04 bits per heavy atom. The van der Waals surface area contributed by atoms with Crippen LogP contribution in [0.4, 0.5) is 0 Å². The summed E-state index contributed by atoms with van der Waals surface area (Å²) in [7, 11) is 2.14. The van der Waals surface area contributed by atoms with Crippen molar-refractivity contribution in [1.82, 2.24) is 4.57 Å². The molecular weight excluding hydrogens is 278 g/mol. The first kappa shape index (κ1) is 13.8. The summed E-state index contributed by atoms with van der Waals surface area (Å²) in [5, 5.41) is 6.49. The van der Waals surface area contributed by atoms with Gasteiger partial charge in [-0.25, -0.2) is 0 Å². The maximum atomic E-state index is 4.08. The summed E-state index contributed by atoms with van der Waals surface area (Å²) in [6.07, 6.45) is 6.24. The maximum absolute atomic E-state index is 4.08. The van der Waals surface area contributed by atoms with Crippen LogP contribution in [0.3, 0.4) is 0 Å². The highest BCUT2D eigenvalue weighted by Crippen LogP contribution is 2.39. The monoisotopic (exact) mass is 297 g/mol. The number of fused-ring (bicyclic) bond motifs is 6. The fourth-order valence-corrected chi connectivity index (χ4v) is 3.74. The molecule has 1 heteroatoms. The van der Waals surface area contributed by atoms with E-state index in [1.165, 1.54) is 43.7 Å². The Bertz CT molecular complexity index is 1090. The van der Waals surface area contributed by atoms with Gasteiger partial charge in [0.2, 0.25) is 0 Å². The lowest BCUT2D eigenvalue weighted by Gasteiger charge is -2.09. The zero-order valence-corrected chi connectivity index (χ0v) is 13.5. The normalized spacial score (nSPS) is 11.9. The van der Waals surface area contributed by atoms with Gasteiger partial charge in [-0.2, -0.15) is 0 Å². The summed E-state index contributed by atoms with van der Waals surface area (Å²) >= 11 is 0. The SMILES string of the molecule is C=Cc1c(/C=C\C)n(C)c2c3ccccc3c3ccccc3c12. The van der Waals surface area contributed by atoms with Gasteiger partial charge in [-0.15, -0.1) is 0 Å². The summed E-state index contributed by atoms with van der Waals surface area (Å²) in [5.74, 6) is 0. The number of rotatable bonds is 2. The number of allylic oxidation sites excluding steroid dienone is 1. The van der Waals surface area contributed by atoms with Gasteiger partial charge in [0.05, 0.1) is 5.52 Å². The van der Waals surface area contributed by atoms with Crippen molar-refractivity contribution in [1.29, 1.82) is 0 Å². The Kier molecular flexibility index (Phi) is 3.09. The number of benzene rings is 3. The summed E-state index contributed by atoms with van der Waals surface area (Å²) in [5.41, 5.74) is 3.70. The summed E-state index contributed by atoms with van der Waals surface area (Å²) in [6.45, 7) is 6.13. The lowest BCUT2D eigenvalue weighted by Crippen LogP contribution is -1.92. The molecule has 0 fully saturated rings. The molecule has 0 unspecified atom stereocenters. The molecule has 0 aliphatic carbocycles. The highest BCUT2D eigenvalue weighted by Gasteiger charge is 2.17. The van der Waals surface area contributed by atoms with Gasteiger partial charge >= 0.3 is 0 Å². The maximum Gasteiger partial charge on any atom is 0.0574 e. The number of hydrogen-bond acceptors (Lipinski definition) is 0. The lowest BCUT2D eigenvalue weighted by molar-refractivity contribution is 0.957. The summed E-state index contributed by atoms with van der Waals surface area (Å²) in [4.78, 5) is 0. The molecule has 1 aromatic heterocycles. The van der Waals surface area contributed by atoms with E-state index in [1.807, 2.05) is 6.08 Å². The molecular formula is C22H19N. The van der Waals surface area contributed by atoms with Crippen LogP contribution in [0.25, 0.3) is 44.6 Å². The minimum atomic E-state index is 1.21. The van der Waals surface area contributed by atoms with Crippen molar-refractivity contribution in [3.63, 3.8) is 0 Å². The van der Waals surface area contributed by atoms with Crippen LogP contribution in [0.15, 0.2) is 61.2 Å². The van der Waals surface area contributed by atoms with Crippen molar-refractivity contribution in [2.75, 3.05) is 0 Å². The Morgan fingerprint density at radius 2 is 1.43 bits per heavy atom. The van der Waals surface area contributed by atoms with Crippen LogP contribution in [0.1, 0.15) is 18.2 Å². The van der Waals surface area contributed by atoms with E-state index in [0.29, 0.717) is 0 Å². The fraction of sp³-hybridized carbons (Fsp3) is 0.0909. The third-order valence-corrected chi connectivity index (χ3v) is 4.68. The quantitative estimate of drug-likeness (QED) is 0.390. The zero-order chi connectivity index (χ0) is 16.0. The molecule has 1 nitrogen and oxygen atoms in total. The van der Waals surface area contributed by atoms with E-state index >= 15 is 0 Å². The molecule has 0 saturated heterocycles. The van der Waals surface area contributed by atoms with E-state index in [-0.39, 0.29) is 0 Å². The van der Waals surface area contributed by atoms with Crippen LogP contribution in [-0.2, 0) is 7.05 Å². The van der Waals surface area contributed by atoms with E-state index in [4.69, 9.17) is 0 Å². The van der Waals surface area contributed by atoms with Gasteiger partial charge in [0.25, 0.3) is 0 Å². The van der Waals surface area contributed by atoms with Gasteiger partial charge in [0, 0.05) is 29.1 Å². The largest absolute Gasteiger partial charge is 0.343 e. The summed E-state index contributed by atoms with van der Waals surface area (Å²) in [6, 6.07) is 17.3. The molecule has 0 bridgehead atoms. The highest BCUT2D eigenvalue weighted by molar-refractivity contribution is 6.27. The molecule has 0 aliphatic heterocycles. The minimum Gasteiger partial charge on any atom is -0.343 e. The standard InChI is InChI=1S/C22H19N/c1-4-10-20-15(5-2)21-18-13-8-6-11-16(18)17-12-7-9-14-19(17)22(21)23(20)3/h4-14H,2H2,1,3H3/b10-4-. The molecule has 3 aromatic carbocycles. The van der Waals surface area contributed by atoms with Crippen molar-refractivity contribution in [3.05, 3.63) is 72.4 Å². The van der Waals surface area contributed by atoms with Crippen molar-refractivity contribution in [3.8, 4) is 0 Å². The highest BCUT2D eigenvalue weighted by atomic mass is 14.9. The Balaban J connectivity index is 2.43. The first-order valence-corrected chi connectivity index (χ1v) is 7.95. The van der Waals surface area contributed by atoms with Crippen LogP contribution in [0.5, 0.6) is 0 Å². The molecule has 0 saturated carbocycles. The molecule has 4 rings (SSSR count). The molecule has 23 heavy (non-hydrogen) atoms. The van der Waals surface area contributed by atoms with Gasteiger partial charge in [-0.05, 0) is 29.2 Å². The van der Waals surface area contributed by atoms with E-state index in [1.54, 1.807) is 0 Å². The van der Waals surface area contributed by atoms with Crippen LogP contribution < -0.4 is 0 Å². The molecule has 1 heterocycles. The smallest absolute Gasteiger partial charge is 0.0574 e. The lowest BCUT2D eigenvalue weighted by atomic mass is 9.96. The third-order valence-electron chi connectivity index (χ3n) is 4.68. The number of hydrogen-bond donors (Lipinski definition) is 0. The Morgan fingerprint density at radius 1 is 0.870 bits per heavy atom. The van der Waals surface area contributed by atoms with Crippen LogP contribution in [0, 0.1) is 0 Å². The van der Waals surface area contributed by atoms with Gasteiger partial charge in [-0.1, -0.05) is 67.3 Å². The topological polar surface area (TPSA) is 4.93 Å². The molecule has 0 aliphatic rings. The second-order valence-corrected chi connectivity index (χ2v) is 5.88. The number of nitrogens with zero attached hydrogens (tertiary/aromatic N) is 1. The van der Waals surface area contributed by atoms with Crippen molar-refractivity contribution in [2.24, 2.45) is 7.05 Å². The molecule has 0 amide bonds. The second-order valence-electron chi connectivity index (χ2n) is 5.88. The van der Waals surface area contributed by atoms with Crippen LogP contribution >= 0.6 is 0 Å². The van der Waals surface area contributed by atoms with Crippen LogP contribution in [-0.4, -0.2) is 4.57 Å². The van der Waals surface area contributed by atoms with Gasteiger partial charge < -0.3 is 4.57 Å². The van der Waals surface area contributed by atoms with E-state index in [2.05, 4.69) is 85.8 Å². The molecule has 112 valence electrons. The van der Waals surface area contributed by atoms with Gasteiger partial charge in [0.1, 0.15) is 0 Å². The van der Waals surface area contributed by atoms with Gasteiger partial charge in [0.15, 0.2) is 0 Å². The fourth-order valence-electron chi connectivity index (χ4n) is 3.74. The van der Waals surface area contributed by atoms with Gasteiger partial charge in [-0.3, -0.25) is 0 Å². The minimum absolute atomic E-state index is 1.21. The van der Waals surface area contributed by atoms with Crippen molar-refractivity contribution < 1.29 is 0 Å².